The Morgan fingerprint density at radius 2 is 1.90 bits per heavy atom. The normalized spacial score (nSPS) is 10.5. The van der Waals surface area contributed by atoms with Gasteiger partial charge in [-0.25, -0.2) is 0 Å². The summed E-state index contributed by atoms with van der Waals surface area (Å²) in [5.74, 6) is 0.0447. The summed E-state index contributed by atoms with van der Waals surface area (Å²) in [7, 11) is 5.18. The highest BCUT2D eigenvalue weighted by molar-refractivity contribution is 5.96. The molecule has 5 heteroatoms. The molecule has 0 saturated carbocycles. The van der Waals surface area contributed by atoms with Gasteiger partial charge in [0.1, 0.15) is 0 Å². The fourth-order valence-electron chi connectivity index (χ4n) is 2.15. The molecule has 0 aliphatic heterocycles. The van der Waals surface area contributed by atoms with E-state index in [9.17, 15) is 4.79 Å². The molecule has 1 N–H and O–H groups in total. The van der Waals surface area contributed by atoms with E-state index in [0.717, 1.165) is 23.2 Å². The van der Waals surface area contributed by atoms with Crippen LogP contribution >= 0.6 is 0 Å². The van der Waals surface area contributed by atoms with Crippen molar-refractivity contribution in [3.8, 4) is 0 Å². The van der Waals surface area contributed by atoms with Crippen molar-refractivity contribution in [2.24, 2.45) is 0 Å². The van der Waals surface area contributed by atoms with E-state index in [-0.39, 0.29) is 5.91 Å². The number of methoxy groups -OCH3 is 2. The molecule has 1 rings (SSSR count). The number of amides is 1. The van der Waals surface area contributed by atoms with Crippen LogP contribution in [0.3, 0.4) is 0 Å². The van der Waals surface area contributed by atoms with Crippen LogP contribution in [0.5, 0.6) is 0 Å². The van der Waals surface area contributed by atoms with Crippen LogP contribution in [0, 0.1) is 6.92 Å². The number of carbonyl (C=O) groups is 1. The Labute approximate surface area is 127 Å². The van der Waals surface area contributed by atoms with Crippen LogP contribution in [-0.4, -0.2) is 58.4 Å². The number of hydrogen-bond donors (Lipinski definition) is 1. The van der Waals surface area contributed by atoms with Crippen molar-refractivity contribution in [2.75, 3.05) is 52.9 Å². The molecule has 0 aliphatic rings. The Morgan fingerprint density at radius 3 is 2.48 bits per heavy atom. The van der Waals surface area contributed by atoms with Gasteiger partial charge in [0.15, 0.2) is 0 Å². The zero-order valence-corrected chi connectivity index (χ0v) is 13.4. The number of rotatable bonds is 9. The van der Waals surface area contributed by atoms with E-state index in [4.69, 9.17) is 9.47 Å². The van der Waals surface area contributed by atoms with E-state index in [2.05, 4.69) is 5.32 Å². The molecule has 0 unspecified atom stereocenters. The van der Waals surface area contributed by atoms with E-state index in [1.54, 1.807) is 14.2 Å². The van der Waals surface area contributed by atoms with Crippen LogP contribution in [-0.2, 0) is 9.47 Å². The number of hydrogen-bond acceptors (Lipinski definition) is 4. The molecule has 0 atom stereocenters. The fourth-order valence-corrected chi connectivity index (χ4v) is 2.15. The summed E-state index contributed by atoms with van der Waals surface area (Å²) in [6.45, 7) is 4.40. The highest BCUT2D eigenvalue weighted by Crippen LogP contribution is 2.16. The Balaban J connectivity index is 2.82. The molecule has 21 heavy (non-hydrogen) atoms. The van der Waals surface area contributed by atoms with Gasteiger partial charge in [0.2, 0.25) is 0 Å². The Hall–Kier alpha value is -1.59. The summed E-state index contributed by atoms with van der Waals surface area (Å²) in [6, 6.07) is 5.78. The lowest BCUT2D eigenvalue weighted by Crippen LogP contribution is -2.35. The van der Waals surface area contributed by atoms with Gasteiger partial charge in [0, 0.05) is 52.2 Å². The lowest BCUT2D eigenvalue weighted by Gasteiger charge is -2.23. The van der Waals surface area contributed by atoms with Gasteiger partial charge in [0.25, 0.3) is 5.91 Å². The highest BCUT2D eigenvalue weighted by atomic mass is 16.5. The van der Waals surface area contributed by atoms with E-state index in [1.807, 2.05) is 37.1 Å². The molecular formula is C16H26N2O3. The quantitative estimate of drug-likeness (QED) is 0.709. The van der Waals surface area contributed by atoms with Gasteiger partial charge < -0.3 is 19.7 Å². The second kappa shape index (κ2) is 9.37. The van der Waals surface area contributed by atoms with Crippen molar-refractivity contribution in [1.29, 1.82) is 0 Å². The number of nitrogens with zero attached hydrogens (tertiary/aromatic N) is 1. The fraction of sp³-hybridized carbons (Fsp3) is 0.562. The minimum Gasteiger partial charge on any atom is -0.388 e. The monoisotopic (exact) mass is 294 g/mol. The summed E-state index contributed by atoms with van der Waals surface area (Å²) < 4.78 is 10.2. The number of benzene rings is 1. The summed E-state index contributed by atoms with van der Waals surface area (Å²) in [5.41, 5.74) is 2.72. The molecule has 0 aromatic heterocycles. The Morgan fingerprint density at radius 1 is 1.19 bits per heavy atom. The molecule has 0 aliphatic carbocycles. The number of nitrogens with one attached hydrogen (secondary N) is 1. The van der Waals surface area contributed by atoms with Crippen LogP contribution < -0.4 is 5.32 Å². The molecule has 0 saturated heterocycles. The standard InChI is InChI=1S/C16H26N2O3/c1-13-12-14(17-2)6-7-15(13)16(19)18(9-11-21-4)8-5-10-20-3/h6-7,12,17H,5,8-11H2,1-4H3. The topological polar surface area (TPSA) is 50.8 Å². The molecule has 0 spiro atoms. The van der Waals surface area contributed by atoms with Crippen LogP contribution in [0.4, 0.5) is 5.69 Å². The minimum atomic E-state index is 0.0447. The van der Waals surface area contributed by atoms with Gasteiger partial charge in [-0.05, 0) is 37.1 Å². The van der Waals surface area contributed by atoms with Gasteiger partial charge in [0.05, 0.1) is 6.61 Å². The van der Waals surface area contributed by atoms with Crippen molar-refractivity contribution in [1.82, 2.24) is 4.90 Å². The zero-order valence-electron chi connectivity index (χ0n) is 13.4. The number of anilines is 1. The number of ether oxygens (including phenoxy) is 2. The third-order valence-corrected chi connectivity index (χ3v) is 3.37. The number of carbonyl (C=O) groups excluding carboxylic acids is 1. The molecular weight excluding hydrogens is 268 g/mol. The molecule has 0 bridgehead atoms. The van der Waals surface area contributed by atoms with Crippen LogP contribution in [0.1, 0.15) is 22.3 Å². The first-order chi connectivity index (χ1) is 10.1. The van der Waals surface area contributed by atoms with Gasteiger partial charge in [-0.1, -0.05) is 0 Å². The molecule has 0 fully saturated rings. The van der Waals surface area contributed by atoms with Crippen molar-refractivity contribution in [2.45, 2.75) is 13.3 Å². The largest absolute Gasteiger partial charge is 0.388 e. The van der Waals surface area contributed by atoms with Crippen LogP contribution in [0.2, 0.25) is 0 Å². The second-order valence-electron chi connectivity index (χ2n) is 4.91. The third-order valence-electron chi connectivity index (χ3n) is 3.37. The molecule has 1 aromatic rings. The molecule has 1 aromatic carbocycles. The van der Waals surface area contributed by atoms with Crippen LogP contribution in [0.25, 0.3) is 0 Å². The van der Waals surface area contributed by atoms with Gasteiger partial charge in [-0.15, -0.1) is 0 Å². The van der Waals surface area contributed by atoms with Gasteiger partial charge in [-0.3, -0.25) is 4.79 Å². The minimum absolute atomic E-state index is 0.0447. The lowest BCUT2D eigenvalue weighted by atomic mass is 10.1. The zero-order chi connectivity index (χ0) is 15.7. The Kier molecular flexibility index (Phi) is 7.79. The average molecular weight is 294 g/mol. The maximum Gasteiger partial charge on any atom is 0.254 e. The summed E-state index contributed by atoms with van der Waals surface area (Å²) in [5, 5.41) is 3.08. The smallest absolute Gasteiger partial charge is 0.254 e. The second-order valence-corrected chi connectivity index (χ2v) is 4.91. The first-order valence-electron chi connectivity index (χ1n) is 7.19. The van der Waals surface area contributed by atoms with E-state index < -0.39 is 0 Å². The molecule has 1 amide bonds. The van der Waals surface area contributed by atoms with Crippen molar-refractivity contribution in [3.05, 3.63) is 29.3 Å². The molecule has 0 heterocycles. The maximum atomic E-state index is 12.7. The third kappa shape index (κ3) is 5.36. The van der Waals surface area contributed by atoms with Gasteiger partial charge >= 0.3 is 0 Å². The molecule has 0 radical (unpaired) electrons. The first kappa shape index (κ1) is 17.5. The number of aryl methyl sites for hydroxylation is 1. The Bertz CT molecular complexity index is 449. The highest BCUT2D eigenvalue weighted by Gasteiger charge is 2.17. The molecule has 118 valence electrons. The maximum absolute atomic E-state index is 12.7. The summed E-state index contributed by atoms with van der Waals surface area (Å²) >= 11 is 0. The van der Waals surface area contributed by atoms with E-state index >= 15 is 0 Å². The van der Waals surface area contributed by atoms with Crippen molar-refractivity contribution < 1.29 is 14.3 Å². The van der Waals surface area contributed by atoms with E-state index in [0.29, 0.717) is 26.3 Å². The van der Waals surface area contributed by atoms with Gasteiger partial charge in [-0.2, -0.15) is 0 Å². The SMILES string of the molecule is CNc1ccc(C(=O)N(CCCOC)CCOC)c(C)c1. The summed E-state index contributed by atoms with van der Waals surface area (Å²) in [4.78, 5) is 14.5. The summed E-state index contributed by atoms with van der Waals surface area (Å²) in [6.07, 6.45) is 0.819. The van der Waals surface area contributed by atoms with Crippen molar-refractivity contribution in [3.63, 3.8) is 0 Å². The molecule has 5 nitrogen and oxygen atoms in total. The predicted octanol–water partition coefficient (Wildman–Crippen LogP) is 2.16. The van der Waals surface area contributed by atoms with Crippen LogP contribution in [0.15, 0.2) is 18.2 Å². The lowest BCUT2D eigenvalue weighted by molar-refractivity contribution is 0.0673. The first-order valence-corrected chi connectivity index (χ1v) is 7.19. The van der Waals surface area contributed by atoms with Crippen molar-refractivity contribution >= 4 is 11.6 Å². The predicted molar refractivity (Wildman–Crippen MR) is 85.0 cm³/mol. The average Bonchev–Trinajstić information content (AvgIpc) is 2.50. The van der Waals surface area contributed by atoms with E-state index in [1.165, 1.54) is 0 Å².